The van der Waals surface area contributed by atoms with Crippen molar-refractivity contribution < 1.29 is 19.4 Å². The van der Waals surface area contributed by atoms with Crippen molar-refractivity contribution in [3.8, 4) is 5.75 Å². The molecule has 0 amide bonds. The molecule has 0 unspecified atom stereocenters. The summed E-state index contributed by atoms with van der Waals surface area (Å²) in [7, 11) is 0. The second-order valence-corrected chi connectivity index (χ2v) is 4.19. The third-order valence-corrected chi connectivity index (χ3v) is 2.47. The van der Waals surface area contributed by atoms with Crippen LogP contribution in [0.3, 0.4) is 0 Å². The summed E-state index contributed by atoms with van der Waals surface area (Å²) >= 11 is 0. The first-order valence-electron chi connectivity index (χ1n) is 5.39. The van der Waals surface area contributed by atoms with Gasteiger partial charge in [-0.25, -0.2) is 4.79 Å². The predicted molar refractivity (Wildman–Crippen MR) is 63.6 cm³/mol. The first-order chi connectivity index (χ1) is 7.84. The highest BCUT2D eigenvalue weighted by atomic mass is 16.5. The van der Waals surface area contributed by atoms with Crippen LogP contribution < -0.4 is 4.74 Å². The molecule has 0 bridgehead atoms. The predicted octanol–water partition coefficient (Wildman–Crippen LogP) is 2.36. The number of carboxylic acid groups (broad SMARTS) is 1. The standard InChI is InChI=1S/C13H16O4/c1-7(2)17-12-9(4)8(3)5-6-10(12)11(14)13(15)16/h5-7H,1-4H3,(H,15,16). The van der Waals surface area contributed by atoms with Crippen molar-refractivity contribution in [2.75, 3.05) is 0 Å². The number of benzene rings is 1. The van der Waals surface area contributed by atoms with Crippen molar-refractivity contribution in [2.45, 2.75) is 33.8 Å². The van der Waals surface area contributed by atoms with Crippen LogP contribution in [0, 0.1) is 13.8 Å². The average Bonchev–Trinajstić information content (AvgIpc) is 2.23. The van der Waals surface area contributed by atoms with Gasteiger partial charge in [-0.2, -0.15) is 0 Å². The van der Waals surface area contributed by atoms with E-state index in [4.69, 9.17) is 9.84 Å². The van der Waals surface area contributed by atoms with Gasteiger partial charge in [-0.15, -0.1) is 0 Å². The smallest absolute Gasteiger partial charge is 0.377 e. The lowest BCUT2D eigenvalue weighted by atomic mass is 10.0. The molecule has 0 saturated carbocycles. The fourth-order valence-electron chi connectivity index (χ4n) is 1.47. The Morgan fingerprint density at radius 2 is 1.82 bits per heavy atom. The van der Waals surface area contributed by atoms with Gasteiger partial charge < -0.3 is 9.84 Å². The van der Waals surface area contributed by atoms with Crippen molar-refractivity contribution in [3.63, 3.8) is 0 Å². The van der Waals surface area contributed by atoms with Crippen molar-refractivity contribution in [1.29, 1.82) is 0 Å². The summed E-state index contributed by atoms with van der Waals surface area (Å²) in [6.07, 6.45) is -0.115. The van der Waals surface area contributed by atoms with E-state index in [0.717, 1.165) is 11.1 Å². The number of Topliss-reactive ketones (excluding diaryl/α,β-unsaturated/α-hetero) is 1. The minimum atomic E-state index is -1.47. The summed E-state index contributed by atoms with van der Waals surface area (Å²) in [5, 5.41) is 8.75. The van der Waals surface area contributed by atoms with Crippen molar-refractivity contribution in [2.24, 2.45) is 0 Å². The maximum absolute atomic E-state index is 11.5. The summed E-state index contributed by atoms with van der Waals surface area (Å²) in [5.41, 5.74) is 1.86. The van der Waals surface area contributed by atoms with Crippen LogP contribution in [0.5, 0.6) is 5.75 Å². The molecular formula is C13H16O4. The molecule has 0 radical (unpaired) electrons. The first-order valence-corrected chi connectivity index (χ1v) is 5.39. The minimum absolute atomic E-state index is 0.106. The number of hydrogen-bond donors (Lipinski definition) is 1. The van der Waals surface area contributed by atoms with E-state index in [1.807, 2.05) is 27.7 Å². The second kappa shape index (κ2) is 4.99. The lowest BCUT2D eigenvalue weighted by Gasteiger charge is -2.16. The molecule has 4 heteroatoms. The number of carboxylic acids is 1. The molecule has 0 spiro atoms. The Hall–Kier alpha value is -1.84. The molecule has 0 aromatic heterocycles. The van der Waals surface area contributed by atoms with Crippen LogP contribution in [-0.2, 0) is 4.79 Å². The molecule has 0 heterocycles. The number of hydrogen-bond acceptors (Lipinski definition) is 3. The third-order valence-electron chi connectivity index (χ3n) is 2.47. The van der Waals surface area contributed by atoms with Gasteiger partial charge in [0.1, 0.15) is 5.75 Å². The van der Waals surface area contributed by atoms with Crippen LogP contribution in [0.4, 0.5) is 0 Å². The number of rotatable bonds is 4. The van der Waals surface area contributed by atoms with Gasteiger partial charge in [0.25, 0.3) is 5.78 Å². The van der Waals surface area contributed by atoms with Gasteiger partial charge in [-0.3, -0.25) is 4.79 Å². The number of ether oxygens (including phenoxy) is 1. The van der Waals surface area contributed by atoms with Gasteiger partial charge in [0.15, 0.2) is 0 Å². The molecule has 4 nitrogen and oxygen atoms in total. The summed E-state index contributed by atoms with van der Waals surface area (Å²) in [5.74, 6) is -2.04. The zero-order valence-electron chi connectivity index (χ0n) is 10.4. The highest BCUT2D eigenvalue weighted by Crippen LogP contribution is 2.28. The van der Waals surface area contributed by atoms with E-state index in [1.165, 1.54) is 6.07 Å². The third kappa shape index (κ3) is 2.84. The number of carbonyl (C=O) groups excluding carboxylic acids is 1. The summed E-state index contributed by atoms with van der Waals surface area (Å²) in [6.45, 7) is 7.36. The van der Waals surface area contributed by atoms with Crippen molar-refractivity contribution in [3.05, 3.63) is 28.8 Å². The summed E-state index contributed by atoms with van der Waals surface area (Å²) < 4.78 is 5.54. The molecule has 1 N–H and O–H groups in total. The van der Waals surface area contributed by atoms with E-state index >= 15 is 0 Å². The molecule has 1 aromatic carbocycles. The van der Waals surface area contributed by atoms with Crippen molar-refractivity contribution >= 4 is 11.8 Å². The van der Waals surface area contributed by atoms with Gasteiger partial charge in [-0.05, 0) is 44.9 Å². The lowest BCUT2D eigenvalue weighted by Crippen LogP contribution is -2.17. The summed E-state index contributed by atoms with van der Waals surface area (Å²) in [4.78, 5) is 22.3. The van der Waals surface area contributed by atoms with Crippen molar-refractivity contribution in [1.82, 2.24) is 0 Å². The topological polar surface area (TPSA) is 63.6 Å². The number of aliphatic carboxylic acids is 1. The Morgan fingerprint density at radius 3 is 2.29 bits per heavy atom. The zero-order valence-corrected chi connectivity index (χ0v) is 10.4. The molecule has 0 aliphatic rings. The monoisotopic (exact) mass is 236 g/mol. The van der Waals surface area contributed by atoms with E-state index in [-0.39, 0.29) is 11.7 Å². The Balaban J connectivity index is 3.34. The molecule has 0 fully saturated rings. The van der Waals surface area contributed by atoms with Crippen LogP contribution in [0.2, 0.25) is 0 Å². The Morgan fingerprint density at radius 1 is 1.24 bits per heavy atom. The fraction of sp³-hybridized carbons (Fsp3) is 0.385. The van der Waals surface area contributed by atoms with Crippen LogP contribution in [0.1, 0.15) is 35.3 Å². The quantitative estimate of drug-likeness (QED) is 0.643. The van der Waals surface area contributed by atoms with E-state index < -0.39 is 11.8 Å². The van der Waals surface area contributed by atoms with Gasteiger partial charge in [0.05, 0.1) is 11.7 Å². The number of carbonyl (C=O) groups is 2. The molecule has 1 rings (SSSR count). The van der Waals surface area contributed by atoms with Gasteiger partial charge in [-0.1, -0.05) is 6.07 Å². The van der Waals surface area contributed by atoms with E-state index in [0.29, 0.717) is 5.75 Å². The normalized spacial score (nSPS) is 10.4. The first kappa shape index (κ1) is 13.2. The average molecular weight is 236 g/mol. The molecular weight excluding hydrogens is 220 g/mol. The maximum atomic E-state index is 11.5. The fourth-order valence-corrected chi connectivity index (χ4v) is 1.47. The SMILES string of the molecule is Cc1ccc(C(=O)C(=O)O)c(OC(C)C)c1C. The highest BCUT2D eigenvalue weighted by molar-refractivity contribution is 6.40. The van der Waals surface area contributed by atoms with Gasteiger partial charge >= 0.3 is 5.97 Å². The van der Waals surface area contributed by atoms with E-state index in [2.05, 4.69) is 0 Å². The van der Waals surface area contributed by atoms with E-state index in [9.17, 15) is 9.59 Å². The number of ketones is 1. The van der Waals surface area contributed by atoms with Crippen LogP contribution in [-0.4, -0.2) is 23.0 Å². The molecule has 1 aromatic rings. The molecule has 17 heavy (non-hydrogen) atoms. The van der Waals surface area contributed by atoms with Gasteiger partial charge in [0.2, 0.25) is 0 Å². The lowest BCUT2D eigenvalue weighted by molar-refractivity contribution is -0.131. The minimum Gasteiger partial charge on any atom is -0.490 e. The van der Waals surface area contributed by atoms with Crippen LogP contribution >= 0.6 is 0 Å². The zero-order chi connectivity index (χ0) is 13.2. The largest absolute Gasteiger partial charge is 0.490 e. The molecule has 0 aliphatic carbocycles. The Labute approximate surface area is 100 Å². The second-order valence-electron chi connectivity index (χ2n) is 4.19. The van der Waals surface area contributed by atoms with Gasteiger partial charge in [0, 0.05) is 0 Å². The Bertz CT molecular complexity index is 461. The Kier molecular flexibility index (Phi) is 3.89. The molecule has 0 saturated heterocycles. The maximum Gasteiger partial charge on any atom is 0.377 e. The molecule has 0 aliphatic heterocycles. The molecule has 92 valence electrons. The molecule has 0 atom stereocenters. The number of aryl methyl sites for hydroxylation is 1. The van der Waals surface area contributed by atoms with Crippen LogP contribution in [0.15, 0.2) is 12.1 Å². The summed E-state index contributed by atoms with van der Waals surface area (Å²) in [6, 6.07) is 3.22. The highest BCUT2D eigenvalue weighted by Gasteiger charge is 2.22. The van der Waals surface area contributed by atoms with Crippen LogP contribution in [0.25, 0.3) is 0 Å². The van der Waals surface area contributed by atoms with E-state index in [1.54, 1.807) is 6.07 Å².